The Labute approximate surface area is 135 Å². The minimum atomic E-state index is -0.280. The smallest absolute Gasteiger partial charge is 0.291 e. The van der Waals surface area contributed by atoms with Crippen molar-refractivity contribution in [3.63, 3.8) is 0 Å². The van der Waals surface area contributed by atoms with Gasteiger partial charge >= 0.3 is 0 Å². The molecule has 0 fully saturated rings. The van der Waals surface area contributed by atoms with E-state index in [0.29, 0.717) is 16.4 Å². The molecular formula is C17H13N3O2S. The summed E-state index contributed by atoms with van der Waals surface area (Å²) in [5, 5.41) is 4.29. The third-order valence-electron chi connectivity index (χ3n) is 3.61. The Morgan fingerprint density at radius 3 is 2.91 bits per heavy atom. The lowest BCUT2D eigenvalue weighted by molar-refractivity contribution is 0.0998. The SMILES string of the molecule is Cc1cc(NC(=O)c2cc3ccccc3o2)cc2sc(N)nc12. The molecule has 2 aromatic heterocycles. The van der Waals surface area contributed by atoms with Gasteiger partial charge in [0.2, 0.25) is 0 Å². The van der Waals surface area contributed by atoms with Gasteiger partial charge in [0.15, 0.2) is 10.9 Å². The van der Waals surface area contributed by atoms with Gasteiger partial charge in [0.1, 0.15) is 5.58 Å². The number of aryl methyl sites for hydroxylation is 1. The lowest BCUT2D eigenvalue weighted by Crippen LogP contribution is -2.10. The lowest BCUT2D eigenvalue weighted by atomic mass is 10.2. The van der Waals surface area contributed by atoms with E-state index in [1.807, 2.05) is 43.3 Å². The van der Waals surface area contributed by atoms with Crippen LogP contribution in [0.1, 0.15) is 16.1 Å². The summed E-state index contributed by atoms with van der Waals surface area (Å²) in [6.07, 6.45) is 0. The van der Waals surface area contributed by atoms with E-state index in [4.69, 9.17) is 10.2 Å². The largest absolute Gasteiger partial charge is 0.451 e. The Morgan fingerprint density at radius 1 is 1.26 bits per heavy atom. The van der Waals surface area contributed by atoms with E-state index in [0.717, 1.165) is 21.2 Å². The van der Waals surface area contributed by atoms with E-state index in [-0.39, 0.29) is 11.7 Å². The number of furan rings is 1. The first-order valence-corrected chi connectivity index (χ1v) is 7.88. The summed E-state index contributed by atoms with van der Waals surface area (Å²) >= 11 is 1.40. The van der Waals surface area contributed by atoms with Gasteiger partial charge in [-0.3, -0.25) is 4.79 Å². The van der Waals surface area contributed by atoms with Gasteiger partial charge in [-0.15, -0.1) is 0 Å². The molecule has 0 unspecified atom stereocenters. The van der Waals surface area contributed by atoms with Crippen LogP contribution in [0.15, 0.2) is 46.9 Å². The zero-order valence-corrected chi connectivity index (χ0v) is 13.1. The molecule has 0 aliphatic rings. The number of nitrogen functional groups attached to an aromatic ring is 1. The van der Waals surface area contributed by atoms with Crippen molar-refractivity contribution in [2.24, 2.45) is 0 Å². The van der Waals surface area contributed by atoms with Crippen LogP contribution < -0.4 is 11.1 Å². The number of nitrogens with zero attached hydrogens (tertiary/aromatic N) is 1. The Hall–Kier alpha value is -2.86. The van der Waals surface area contributed by atoms with Gasteiger partial charge in [0.05, 0.1) is 10.2 Å². The zero-order chi connectivity index (χ0) is 16.0. The minimum absolute atomic E-state index is 0.280. The summed E-state index contributed by atoms with van der Waals surface area (Å²) < 4.78 is 6.53. The van der Waals surface area contributed by atoms with Crippen LogP contribution in [0, 0.1) is 6.92 Å². The number of fused-ring (bicyclic) bond motifs is 2. The third-order valence-corrected chi connectivity index (χ3v) is 4.44. The molecule has 0 aliphatic heterocycles. The van der Waals surface area contributed by atoms with E-state index >= 15 is 0 Å². The average molecular weight is 323 g/mol. The van der Waals surface area contributed by atoms with Gasteiger partial charge in [-0.2, -0.15) is 0 Å². The van der Waals surface area contributed by atoms with Crippen LogP contribution in [0.25, 0.3) is 21.2 Å². The first-order valence-electron chi connectivity index (χ1n) is 7.07. The Bertz CT molecular complexity index is 1020. The molecule has 0 saturated heterocycles. The standard InChI is InChI=1S/C17H13N3O2S/c1-9-6-11(8-14-15(9)20-17(18)23-14)19-16(21)13-7-10-4-2-3-5-12(10)22-13/h2-8H,1H3,(H2,18,20)(H,19,21). The fraction of sp³-hybridized carbons (Fsp3) is 0.0588. The molecule has 0 atom stereocenters. The number of aromatic nitrogens is 1. The third kappa shape index (κ3) is 2.43. The van der Waals surface area contributed by atoms with Crippen molar-refractivity contribution in [1.82, 2.24) is 4.98 Å². The van der Waals surface area contributed by atoms with E-state index in [1.54, 1.807) is 6.07 Å². The molecule has 114 valence electrons. The van der Waals surface area contributed by atoms with E-state index in [2.05, 4.69) is 10.3 Å². The summed E-state index contributed by atoms with van der Waals surface area (Å²) in [6, 6.07) is 13.0. The van der Waals surface area contributed by atoms with Gasteiger partial charge in [0, 0.05) is 11.1 Å². The summed E-state index contributed by atoms with van der Waals surface area (Å²) in [7, 11) is 0. The van der Waals surface area contributed by atoms with Gasteiger partial charge in [0.25, 0.3) is 5.91 Å². The highest BCUT2D eigenvalue weighted by Gasteiger charge is 2.14. The van der Waals surface area contributed by atoms with Gasteiger partial charge in [-0.05, 0) is 36.8 Å². The Kier molecular flexibility index (Phi) is 3.06. The van der Waals surface area contributed by atoms with Gasteiger partial charge in [-0.1, -0.05) is 29.5 Å². The lowest BCUT2D eigenvalue weighted by Gasteiger charge is -2.04. The molecule has 2 aromatic carbocycles. The highest BCUT2D eigenvalue weighted by molar-refractivity contribution is 7.22. The molecule has 0 bridgehead atoms. The number of carbonyl (C=O) groups excluding carboxylic acids is 1. The molecule has 23 heavy (non-hydrogen) atoms. The topological polar surface area (TPSA) is 81.2 Å². The minimum Gasteiger partial charge on any atom is -0.451 e. The molecular weight excluding hydrogens is 310 g/mol. The van der Waals surface area contributed by atoms with Crippen molar-refractivity contribution in [2.75, 3.05) is 11.1 Å². The second-order valence-electron chi connectivity index (χ2n) is 5.29. The number of rotatable bonds is 2. The van der Waals surface area contributed by atoms with Crippen LogP contribution in [-0.2, 0) is 0 Å². The number of hydrogen-bond acceptors (Lipinski definition) is 5. The number of thiazole rings is 1. The van der Waals surface area contributed by atoms with Gasteiger partial charge < -0.3 is 15.5 Å². The summed E-state index contributed by atoms with van der Waals surface area (Å²) in [6.45, 7) is 1.94. The molecule has 6 heteroatoms. The molecule has 0 radical (unpaired) electrons. The second-order valence-corrected chi connectivity index (χ2v) is 6.36. The molecule has 3 N–H and O–H groups in total. The van der Waals surface area contributed by atoms with Crippen molar-refractivity contribution in [3.05, 3.63) is 53.8 Å². The molecule has 0 saturated carbocycles. The predicted octanol–water partition coefficient (Wildman–Crippen LogP) is 4.19. The van der Waals surface area contributed by atoms with Crippen LogP contribution in [0.5, 0.6) is 0 Å². The molecule has 4 aromatic rings. The second kappa shape index (κ2) is 5.10. The average Bonchev–Trinajstić information content (AvgIpc) is 3.10. The Balaban J connectivity index is 1.67. The van der Waals surface area contributed by atoms with Crippen molar-refractivity contribution < 1.29 is 9.21 Å². The number of benzene rings is 2. The van der Waals surface area contributed by atoms with Crippen molar-refractivity contribution in [3.8, 4) is 0 Å². The molecule has 2 heterocycles. The fourth-order valence-electron chi connectivity index (χ4n) is 2.57. The van der Waals surface area contributed by atoms with Crippen LogP contribution in [0.4, 0.5) is 10.8 Å². The highest BCUT2D eigenvalue weighted by Crippen LogP contribution is 2.30. The molecule has 0 spiro atoms. The Morgan fingerprint density at radius 2 is 2.09 bits per heavy atom. The van der Waals surface area contributed by atoms with Crippen LogP contribution in [0.3, 0.4) is 0 Å². The first kappa shape index (κ1) is 13.8. The van der Waals surface area contributed by atoms with E-state index in [1.165, 1.54) is 11.3 Å². The number of nitrogens with two attached hydrogens (primary N) is 1. The normalized spacial score (nSPS) is 11.2. The molecule has 5 nitrogen and oxygen atoms in total. The number of carbonyl (C=O) groups is 1. The number of amides is 1. The van der Waals surface area contributed by atoms with Crippen LogP contribution in [-0.4, -0.2) is 10.9 Å². The summed E-state index contributed by atoms with van der Waals surface area (Å²) in [5.74, 6) is 0.00482. The number of para-hydroxylation sites is 1. The predicted molar refractivity (Wildman–Crippen MR) is 92.9 cm³/mol. The maximum Gasteiger partial charge on any atom is 0.291 e. The van der Waals surface area contributed by atoms with Crippen LogP contribution >= 0.6 is 11.3 Å². The van der Waals surface area contributed by atoms with Crippen molar-refractivity contribution in [2.45, 2.75) is 6.92 Å². The van der Waals surface area contributed by atoms with Crippen molar-refractivity contribution >= 4 is 49.2 Å². The molecule has 1 amide bonds. The quantitative estimate of drug-likeness (QED) is 0.579. The first-order chi connectivity index (χ1) is 11.1. The highest BCUT2D eigenvalue weighted by atomic mass is 32.1. The van der Waals surface area contributed by atoms with Crippen LogP contribution in [0.2, 0.25) is 0 Å². The number of anilines is 2. The molecule has 0 aliphatic carbocycles. The van der Waals surface area contributed by atoms with Gasteiger partial charge in [-0.25, -0.2) is 4.98 Å². The van der Waals surface area contributed by atoms with E-state index in [9.17, 15) is 4.79 Å². The van der Waals surface area contributed by atoms with E-state index < -0.39 is 0 Å². The van der Waals surface area contributed by atoms with Crippen molar-refractivity contribution in [1.29, 1.82) is 0 Å². The maximum atomic E-state index is 12.4. The fourth-order valence-corrected chi connectivity index (χ4v) is 3.42. The maximum absolute atomic E-state index is 12.4. The zero-order valence-electron chi connectivity index (χ0n) is 12.3. The summed E-state index contributed by atoms with van der Waals surface area (Å²) in [4.78, 5) is 16.7. The number of hydrogen-bond donors (Lipinski definition) is 2. The number of nitrogens with one attached hydrogen (secondary N) is 1. The summed E-state index contributed by atoms with van der Waals surface area (Å²) in [5.41, 5.74) is 8.98. The molecule has 4 rings (SSSR count). The monoisotopic (exact) mass is 323 g/mol.